The van der Waals surface area contributed by atoms with Crippen LogP contribution < -0.4 is 0 Å². The van der Waals surface area contributed by atoms with E-state index in [1.807, 2.05) is 30.3 Å². The molecule has 2 fully saturated rings. The summed E-state index contributed by atoms with van der Waals surface area (Å²) in [5, 5.41) is 0.0852. The predicted octanol–water partition coefficient (Wildman–Crippen LogP) is 3.81. The van der Waals surface area contributed by atoms with Gasteiger partial charge >= 0.3 is 6.09 Å². The van der Waals surface area contributed by atoms with Gasteiger partial charge in [0.25, 0.3) is 0 Å². The maximum atomic E-state index is 14.2. The minimum atomic E-state index is -0.439. The highest BCUT2D eigenvalue weighted by Gasteiger charge is 2.56. The number of nitrogens with zero attached hydrogens (tertiary/aromatic N) is 1. The average Bonchev–Trinajstić information content (AvgIpc) is 3.32. The fourth-order valence-corrected chi connectivity index (χ4v) is 3.51. The first kappa shape index (κ1) is 16.4. The molecule has 2 aliphatic heterocycles. The third kappa shape index (κ3) is 3.34. The van der Waals surface area contributed by atoms with E-state index < -0.39 is 11.9 Å². The van der Waals surface area contributed by atoms with E-state index in [-0.39, 0.29) is 29.9 Å². The zero-order valence-electron chi connectivity index (χ0n) is 13.4. The van der Waals surface area contributed by atoms with Gasteiger partial charge < -0.3 is 9.47 Å². The van der Waals surface area contributed by atoms with Crippen LogP contribution in [0, 0.1) is 5.82 Å². The Balaban J connectivity index is 1.44. The van der Waals surface area contributed by atoms with Crippen molar-refractivity contribution in [3.8, 4) is 0 Å². The quantitative estimate of drug-likeness (QED) is 0.778. The van der Waals surface area contributed by atoms with Crippen molar-refractivity contribution in [2.75, 3.05) is 6.54 Å². The molecule has 0 radical (unpaired) electrons. The normalized spacial score (nSPS) is 24.1. The van der Waals surface area contributed by atoms with Crippen molar-refractivity contribution < 1.29 is 18.7 Å². The lowest BCUT2D eigenvalue weighted by atomic mass is 10.0. The lowest BCUT2D eigenvalue weighted by Gasteiger charge is -2.26. The Labute approximate surface area is 150 Å². The predicted molar refractivity (Wildman–Crippen MR) is 90.9 cm³/mol. The molecular formula is C19H17ClFNO3. The molecule has 0 bridgehead atoms. The van der Waals surface area contributed by atoms with E-state index in [9.17, 15) is 9.18 Å². The summed E-state index contributed by atoms with van der Waals surface area (Å²) in [5.41, 5.74) is 1.41. The molecule has 4 rings (SSSR count). The van der Waals surface area contributed by atoms with Crippen LogP contribution in [-0.4, -0.2) is 35.8 Å². The average molecular weight is 362 g/mol. The minimum Gasteiger partial charge on any atom is -0.445 e. The van der Waals surface area contributed by atoms with Gasteiger partial charge in [0.15, 0.2) is 0 Å². The van der Waals surface area contributed by atoms with Gasteiger partial charge in [-0.2, -0.15) is 0 Å². The van der Waals surface area contributed by atoms with E-state index in [0.717, 1.165) is 5.56 Å². The maximum Gasteiger partial charge on any atom is 0.410 e. The number of likely N-dealkylation sites (tertiary alicyclic amines) is 1. The van der Waals surface area contributed by atoms with Crippen molar-refractivity contribution in [2.45, 2.75) is 31.3 Å². The molecule has 2 heterocycles. The molecule has 0 aromatic heterocycles. The number of carbonyl (C=O) groups excluding carboxylic acids is 1. The summed E-state index contributed by atoms with van der Waals surface area (Å²) in [5.74, 6) is -0.439. The fraction of sp³-hybridized carbons (Fsp3) is 0.316. The molecule has 0 N–H and O–H groups in total. The Morgan fingerprint density at radius 2 is 2.04 bits per heavy atom. The van der Waals surface area contributed by atoms with Crippen LogP contribution in [0.2, 0.25) is 5.02 Å². The number of carbonyl (C=O) groups is 1. The molecule has 4 nitrogen and oxygen atoms in total. The molecule has 2 aromatic rings. The number of amides is 1. The standard InChI is InChI=1S/C19H17ClFNO3/c20-14-8-4-7-13(17(14)21)9-15-18-16(25-18)10-22(15)19(23)24-11-12-5-2-1-3-6-12/h1-8,15-16,18H,9-11H2/t15-,16+,18-/m0/s1. The number of hydrogen-bond acceptors (Lipinski definition) is 3. The number of fused-ring (bicyclic) bond motifs is 1. The molecule has 3 atom stereocenters. The highest BCUT2D eigenvalue weighted by molar-refractivity contribution is 6.30. The number of halogens is 2. The van der Waals surface area contributed by atoms with E-state index in [1.165, 1.54) is 6.07 Å². The smallest absolute Gasteiger partial charge is 0.410 e. The van der Waals surface area contributed by atoms with Gasteiger partial charge in [-0.25, -0.2) is 9.18 Å². The zero-order valence-corrected chi connectivity index (χ0v) is 14.2. The topological polar surface area (TPSA) is 42.1 Å². The SMILES string of the molecule is O=C(OCc1ccccc1)N1C[C@H]2O[C@H]2[C@@H]1Cc1cccc(Cl)c1F. The summed E-state index contributed by atoms with van der Waals surface area (Å²) in [6.45, 7) is 0.690. The van der Waals surface area contributed by atoms with Gasteiger partial charge in [0, 0.05) is 0 Å². The third-order valence-corrected chi connectivity index (χ3v) is 4.97. The second kappa shape index (κ2) is 6.65. The zero-order chi connectivity index (χ0) is 17.4. The first-order valence-electron chi connectivity index (χ1n) is 8.19. The first-order chi connectivity index (χ1) is 12.1. The van der Waals surface area contributed by atoms with Crippen LogP contribution in [0.5, 0.6) is 0 Å². The Bertz CT molecular complexity index is 785. The Kier molecular flexibility index (Phi) is 4.36. The maximum absolute atomic E-state index is 14.2. The molecule has 0 unspecified atom stereocenters. The molecular weight excluding hydrogens is 345 g/mol. The largest absolute Gasteiger partial charge is 0.445 e. The molecule has 0 saturated carbocycles. The van der Waals surface area contributed by atoms with Crippen LogP contribution in [0.3, 0.4) is 0 Å². The van der Waals surface area contributed by atoms with Gasteiger partial charge in [-0.05, 0) is 23.6 Å². The molecule has 1 amide bonds. The van der Waals surface area contributed by atoms with Crippen molar-refractivity contribution in [1.29, 1.82) is 0 Å². The first-order valence-corrected chi connectivity index (χ1v) is 8.57. The van der Waals surface area contributed by atoms with Crippen LogP contribution in [-0.2, 0) is 22.5 Å². The van der Waals surface area contributed by atoms with Crippen molar-refractivity contribution in [3.63, 3.8) is 0 Å². The summed E-state index contributed by atoms with van der Waals surface area (Å²) < 4.78 is 25.1. The van der Waals surface area contributed by atoms with E-state index in [2.05, 4.69) is 0 Å². The molecule has 25 heavy (non-hydrogen) atoms. The van der Waals surface area contributed by atoms with Crippen LogP contribution in [0.4, 0.5) is 9.18 Å². The fourth-order valence-electron chi connectivity index (χ4n) is 3.32. The second-order valence-electron chi connectivity index (χ2n) is 6.32. The molecule has 0 aliphatic carbocycles. The van der Waals surface area contributed by atoms with E-state index in [4.69, 9.17) is 21.1 Å². The van der Waals surface area contributed by atoms with Gasteiger partial charge in [0.2, 0.25) is 0 Å². The summed E-state index contributed by atoms with van der Waals surface area (Å²) in [7, 11) is 0. The summed E-state index contributed by atoms with van der Waals surface area (Å²) in [6.07, 6.45) is -0.0696. The Morgan fingerprint density at radius 3 is 2.84 bits per heavy atom. The number of benzene rings is 2. The van der Waals surface area contributed by atoms with E-state index in [1.54, 1.807) is 17.0 Å². The molecule has 130 valence electrons. The van der Waals surface area contributed by atoms with Crippen molar-refractivity contribution in [3.05, 3.63) is 70.5 Å². The van der Waals surface area contributed by atoms with Gasteiger partial charge in [-0.1, -0.05) is 54.1 Å². The number of ether oxygens (including phenoxy) is 2. The van der Waals surface area contributed by atoms with Gasteiger partial charge in [0.05, 0.1) is 17.6 Å². The third-order valence-electron chi connectivity index (χ3n) is 4.68. The molecule has 2 aromatic carbocycles. The summed E-state index contributed by atoms with van der Waals surface area (Å²) in [4.78, 5) is 14.1. The minimum absolute atomic E-state index is 0.0246. The molecule has 0 spiro atoms. The number of hydrogen-bond donors (Lipinski definition) is 0. The number of rotatable bonds is 4. The monoisotopic (exact) mass is 361 g/mol. The van der Waals surface area contributed by atoms with Gasteiger partial charge in [-0.15, -0.1) is 0 Å². The lowest BCUT2D eigenvalue weighted by Crippen LogP contribution is -2.41. The van der Waals surface area contributed by atoms with E-state index >= 15 is 0 Å². The Morgan fingerprint density at radius 1 is 1.24 bits per heavy atom. The highest BCUT2D eigenvalue weighted by Crippen LogP contribution is 2.39. The van der Waals surface area contributed by atoms with Crippen LogP contribution >= 0.6 is 11.6 Å². The summed E-state index contributed by atoms with van der Waals surface area (Å²) >= 11 is 5.85. The van der Waals surface area contributed by atoms with Crippen molar-refractivity contribution >= 4 is 17.7 Å². The lowest BCUT2D eigenvalue weighted by molar-refractivity contribution is 0.0702. The molecule has 2 saturated heterocycles. The van der Waals surface area contributed by atoms with Crippen LogP contribution in [0.15, 0.2) is 48.5 Å². The molecule has 2 aliphatic rings. The van der Waals surface area contributed by atoms with Crippen molar-refractivity contribution in [2.24, 2.45) is 0 Å². The number of morpholine rings is 1. The van der Waals surface area contributed by atoms with E-state index in [0.29, 0.717) is 18.5 Å². The van der Waals surface area contributed by atoms with Gasteiger partial charge in [0.1, 0.15) is 24.6 Å². The number of epoxide rings is 1. The van der Waals surface area contributed by atoms with Crippen molar-refractivity contribution in [1.82, 2.24) is 4.90 Å². The van der Waals surface area contributed by atoms with Crippen LogP contribution in [0.25, 0.3) is 0 Å². The Hall–Kier alpha value is -2.11. The molecule has 6 heteroatoms. The summed E-state index contributed by atoms with van der Waals surface area (Å²) in [6, 6.07) is 14.2. The second-order valence-corrected chi connectivity index (χ2v) is 6.72. The van der Waals surface area contributed by atoms with Crippen LogP contribution in [0.1, 0.15) is 11.1 Å². The van der Waals surface area contributed by atoms with Gasteiger partial charge in [-0.3, -0.25) is 4.90 Å². The highest BCUT2D eigenvalue weighted by atomic mass is 35.5.